The van der Waals surface area contributed by atoms with E-state index >= 15 is 0 Å². The third-order valence-corrected chi connectivity index (χ3v) is 4.69. The van der Waals surface area contributed by atoms with Crippen LogP contribution in [0.4, 0.5) is 0 Å². The lowest BCUT2D eigenvalue weighted by molar-refractivity contribution is 0.0957. The molecule has 5 heteroatoms. The molecule has 0 unspecified atom stereocenters. The summed E-state index contributed by atoms with van der Waals surface area (Å²) in [5.74, 6) is -0.198. The Kier molecular flexibility index (Phi) is 4.13. The first-order chi connectivity index (χ1) is 10.3. The predicted molar refractivity (Wildman–Crippen MR) is 91.0 cm³/mol. The minimum absolute atomic E-state index is 0.198. The zero-order chi connectivity index (χ0) is 14.7. The van der Waals surface area contributed by atoms with Crippen LogP contribution in [0.5, 0.6) is 0 Å². The zero-order valence-electron chi connectivity index (χ0n) is 10.9. The van der Waals surface area contributed by atoms with Crippen molar-refractivity contribution in [3.8, 4) is 0 Å². The molecule has 0 radical (unpaired) electrons. The van der Waals surface area contributed by atoms with E-state index in [1.54, 1.807) is 17.6 Å². The summed E-state index contributed by atoms with van der Waals surface area (Å²) in [7, 11) is 0. The number of rotatable bonds is 3. The zero-order valence-corrected chi connectivity index (χ0v) is 13.3. The van der Waals surface area contributed by atoms with E-state index in [1.807, 2.05) is 53.9 Å². The molecule has 1 heterocycles. The Morgan fingerprint density at radius 3 is 2.76 bits per heavy atom. The van der Waals surface area contributed by atoms with Gasteiger partial charge < -0.3 is 0 Å². The number of amides is 1. The van der Waals surface area contributed by atoms with Gasteiger partial charge in [-0.1, -0.05) is 52.3 Å². The number of carbonyl (C=O) groups is 1. The number of thiophene rings is 1. The lowest BCUT2D eigenvalue weighted by atomic mass is 10.2. The number of nitrogens with zero attached hydrogens (tertiary/aromatic N) is 1. The van der Waals surface area contributed by atoms with Crippen molar-refractivity contribution in [3.63, 3.8) is 0 Å². The molecule has 1 amide bonds. The van der Waals surface area contributed by atoms with Gasteiger partial charge in [0.2, 0.25) is 0 Å². The van der Waals surface area contributed by atoms with Gasteiger partial charge in [-0.15, -0.1) is 11.3 Å². The Bertz CT molecular complexity index is 826. The molecule has 0 spiro atoms. The highest BCUT2D eigenvalue weighted by Crippen LogP contribution is 2.25. The summed E-state index contributed by atoms with van der Waals surface area (Å²) in [6.07, 6.45) is 1.62. The monoisotopic (exact) mass is 358 g/mol. The molecule has 21 heavy (non-hydrogen) atoms. The normalized spacial score (nSPS) is 11.1. The van der Waals surface area contributed by atoms with Crippen LogP contribution in [0.15, 0.2) is 63.5 Å². The minimum atomic E-state index is -0.198. The van der Waals surface area contributed by atoms with Crippen LogP contribution >= 0.6 is 27.3 Å². The molecule has 3 aromatic rings. The van der Waals surface area contributed by atoms with E-state index in [0.29, 0.717) is 5.56 Å². The average molecular weight is 359 g/mol. The van der Waals surface area contributed by atoms with Crippen molar-refractivity contribution in [2.24, 2.45) is 5.10 Å². The van der Waals surface area contributed by atoms with Crippen LogP contribution in [0.1, 0.15) is 15.9 Å². The van der Waals surface area contributed by atoms with E-state index < -0.39 is 0 Å². The van der Waals surface area contributed by atoms with Crippen molar-refractivity contribution in [1.82, 2.24) is 5.43 Å². The molecule has 0 aliphatic carbocycles. The highest BCUT2D eigenvalue weighted by atomic mass is 79.9. The van der Waals surface area contributed by atoms with Crippen molar-refractivity contribution in [1.29, 1.82) is 0 Å². The second-order valence-corrected chi connectivity index (χ2v) is 6.13. The molecule has 3 nitrogen and oxygen atoms in total. The van der Waals surface area contributed by atoms with Crippen molar-refractivity contribution < 1.29 is 4.79 Å². The molecule has 0 aliphatic heterocycles. The SMILES string of the molecule is O=C(NN=Cc1ccccc1Br)c1csc2ccccc12. The third kappa shape index (κ3) is 3.04. The lowest BCUT2D eigenvalue weighted by Gasteiger charge is -1.99. The molecular weight excluding hydrogens is 348 g/mol. The number of nitrogens with one attached hydrogen (secondary N) is 1. The number of carbonyl (C=O) groups excluding carboxylic acids is 1. The first kappa shape index (κ1) is 14.0. The first-order valence-corrected chi connectivity index (χ1v) is 7.97. The molecule has 0 bridgehead atoms. The molecule has 0 saturated heterocycles. The van der Waals surface area contributed by atoms with Gasteiger partial charge in [0.15, 0.2) is 0 Å². The molecule has 0 atom stereocenters. The summed E-state index contributed by atoms with van der Waals surface area (Å²) in [6.45, 7) is 0. The first-order valence-electron chi connectivity index (χ1n) is 6.30. The molecule has 0 aliphatic rings. The van der Waals surface area contributed by atoms with Crippen LogP contribution in [0.2, 0.25) is 0 Å². The van der Waals surface area contributed by atoms with Crippen LogP contribution in [-0.2, 0) is 0 Å². The van der Waals surface area contributed by atoms with Gasteiger partial charge in [0.25, 0.3) is 5.91 Å². The highest BCUT2D eigenvalue weighted by Gasteiger charge is 2.10. The van der Waals surface area contributed by atoms with Crippen LogP contribution in [0, 0.1) is 0 Å². The fraction of sp³-hybridized carbons (Fsp3) is 0. The summed E-state index contributed by atoms with van der Waals surface area (Å²) >= 11 is 4.99. The summed E-state index contributed by atoms with van der Waals surface area (Å²) in [6, 6.07) is 15.5. The second kappa shape index (κ2) is 6.20. The summed E-state index contributed by atoms with van der Waals surface area (Å²) in [5.41, 5.74) is 4.13. The maximum atomic E-state index is 12.2. The van der Waals surface area contributed by atoms with Crippen molar-refractivity contribution in [2.45, 2.75) is 0 Å². The summed E-state index contributed by atoms with van der Waals surface area (Å²) < 4.78 is 2.03. The Morgan fingerprint density at radius 2 is 1.90 bits per heavy atom. The van der Waals surface area contributed by atoms with Gasteiger partial charge in [0.05, 0.1) is 11.8 Å². The number of fused-ring (bicyclic) bond motifs is 1. The Morgan fingerprint density at radius 1 is 1.14 bits per heavy atom. The summed E-state index contributed by atoms with van der Waals surface area (Å²) in [5, 5.41) is 6.83. The Labute approximate surface area is 134 Å². The van der Waals surface area contributed by atoms with E-state index in [-0.39, 0.29) is 5.91 Å². The molecule has 0 fully saturated rings. The lowest BCUT2D eigenvalue weighted by Crippen LogP contribution is -2.17. The third-order valence-electron chi connectivity index (χ3n) is 3.00. The van der Waals surface area contributed by atoms with E-state index in [9.17, 15) is 4.79 Å². The molecule has 104 valence electrons. The van der Waals surface area contributed by atoms with Gasteiger partial charge in [0.1, 0.15) is 0 Å². The Balaban J connectivity index is 1.77. The van der Waals surface area contributed by atoms with Gasteiger partial charge >= 0.3 is 0 Å². The highest BCUT2D eigenvalue weighted by molar-refractivity contribution is 9.10. The topological polar surface area (TPSA) is 41.5 Å². The molecule has 1 aromatic heterocycles. The van der Waals surface area contributed by atoms with Gasteiger partial charge in [-0.2, -0.15) is 5.10 Å². The van der Waals surface area contributed by atoms with Gasteiger partial charge in [-0.05, 0) is 12.1 Å². The van der Waals surface area contributed by atoms with E-state index in [4.69, 9.17) is 0 Å². The van der Waals surface area contributed by atoms with Crippen LogP contribution in [0.3, 0.4) is 0 Å². The Hall–Kier alpha value is -1.98. The number of halogens is 1. The fourth-order valence-electron chi connectivity index (χ4n) is 1.95. The maximum Gasteiger partial charge on any atom is 0.272 e. The molecular formula is C16H11BrN2OS. The van der Waals surface area contributed by atoms with Crippen molar-refractivity contribution >= 4 is 49.5 Å². The van der Waals surface area contributed by atoms with Crippen LogP contribution in [0.25, 0.3) is 10.1 Å². The molecule has 3 rings (SSSR count). The number of hydrogen-bond donors (Lipinski definition) is 1. The largest absolute Gasteiger partial charge is 0.272 e. The minimum Gasteiger partial charge on any atom is -0.267 e. The van der Waals surface area contributed by atoms with Gasteiger partial charge in [0, 0.05) is 25.5 Å². The standard InChI is InChI=1S/C16H11BrN2OS/c17-14-7-3-1-5-11(14)9-18-19-16(20)13-10-21-15-8-4-2-6-12(13)15/h1-10H,(H,19,20). The van der Waals surface area contributed by atoms with Crippen molar-refractivity contribution in [3.05, 3.63) is 69.5 Å². The predicted octanol–water partition coefficient (Wildman–Crippen LogP) is 4.43. The number of hydrazone groups is 1. The fourth-order valence-corrected chi connectivity index (χ4v) is 3.28. The van der Waals surface area contributed by atoms with Gasteiger partial charge in [-0.25, -0.2) is 5.43 Å². The quantitative estimate of drug-likeness (QED) is 0.546. The van der Waals surface area contributed by atoms with Crippen molar-refractivity contribution in [2.75, 3.05) is 0 Å². The van der Waals surface area contributed by atoms with Crippen LogP contribution < -0.4 is 5.43 Å². The second-order valence-electron chi connectivity index (χ2n) is 4.37. The van der Waals surface area contributed by atoms with E-state index in [0.717, 1.165) is 20.1 Å². The number of benzene rings is 2. The van der Waals surface area contributed by atoms with E-state index in [2.05, 4.69) is 26.5 Å². The van der Waals surface area contributed by atoms with Crippen LogP contribution in [-0.4, -0.2) is 12.1 Å². The van der Waals surface area contributed by atoms with E-state index in [1.165, 1.54) is 0 Å². The average Bonchev–Trinajstić information content (AvgIpc) is 2.93. The molecule has 1 N–H and O–H groups in total. The number of hydrogen-bond acceptors (Lipinski definition) is 3. The molecule has 0 saturated carbocycles. The summed E-state index contributed by atoms with van der Waals surface area (Å²) in [4.78, 5) is 12.2. The smallest absolute Gasteiger partial charge is 0.267 e. The van der Waals surface area contributed by atoms with Gasteiger partial charge in [-0.3, -0.25) is 4.79 Å². The maximum absolute atomic E-state index is 12.2. The molecule has 2 aromatic carbocycles.